The molecule has 0 aliphatic rings. The Kier molecular flexibility index (Phi) is 3.93. The Hall–Kier alpha value is -3.69. The first-order valence-electron chi connectivity index (χ1n) is 6.79. The molecule has 0 radical (unpaired) electrons. The second kappa shape index (κ2) is 6.20. The average molecular weight is 327 g/mol. The van der Waals surface area contributed by atoms with Gasteiger partial charge in [-0.3, -0.25) is 19.8 Å². The quantitative estimate of drug-likeness (QED) is 0.397. The lowest BCUT2D eigenvalue weighted by molar-refractivity contribution is 0.215. The Balaban J connectivity index is 2.17. The monoisotopic (exact) mass is 327 g/mol. The highest BCUT2D eigenvalue weighted by Gasteiger charge is 2.12. The van der Waals surface area contributed by atoms with Crippen LogP contribution in [0.1, 0.15) is 5.56 Å². The number of nitrogens with zero attached hydrogens (tertiary/aromatic N) is 3. The van der Waals surface area contributed by atoms with Gasteiger partial charge >= 0.3 is 0 Å². The zero-order valence-corrected chi connectivity index (χ0v) is 12.5. The fraction of sp³-hybridized carbons (Fsp3) is 0.0714. The molecule has 2 heterocycles. The largest absolute Gasteiger partial charge is 0.399 e. The molecule has 122 valence electrons. The maximum atomic E-state index is 12.1. The van der Waals surface area contributed by atoms with Gasteiger partial charge < -0.3 is 15.9 Å². The zero-order valence-electron chi connectivity index (χ0n) is 12.5. The van der Waals surface area contributed by atoms with Crippen molar-refractivity contribution in [3.8, 4) is 0 Å². The number of rotatable bonds is 4. The van der Waals surface area contributed by atoms with E-state index in [2.05, 4.69) is 35.5 Å². The van der Waals surface area contributed by atoms with Crippen molar-refractivity contribution in [3.63, 3.8) is 0 Å². The summed E-state index contributed by atoms with van der Waals surface area (Å²) in [6.45, 7) is 0. The first-order valence-corrected chi connectivity index (χ1v) is 6.79. The number of benzene rings is 1. The van der Waals surface area contributed by atoms with Crippen LogP contribution in [-0.4, -0.2) is 33.5 Å². The third-order valence-electron chi connectivity index (χ3n) is 3.28. The summed E-state index contributed by atoms with van der Waals surface area (Å²) in [5.41, 5.74) is 5.75. The molecule has 10 heteroatoms. The van der Waals surface area contributed by atoms with E-state index in [1.165, 1.54) is 19.7 Å². The van der Waals surface area contributed by atoms with Crippen LogP contribution in [-0.2, 0) is 4.84 Å². The topological polar surface area (TPSA) is 151 Å². The molecule has 0 aliphatic carbocycles. The summed E-state index contributed by atoms with van der Waals surface area (Å²) >= 11 is 0. The Bertz CT molecular complexity index is 1040. The van der Waals surface area contributed by atoms with Crippen molar-refractivity contribution in [1.29, 1.82) is 0 Å². The summed E-state index contributed by atoms with van der Waals surface area (Å²) in [7, 11) is 1.39. The highest BCUT2D eigenvalue weighted by atomic mass is 16.6. The van der Waals surface area contributed by atoms with Gasteiger partial charge in [0.15, 0.2) is 0 Å². The van der Waals surface area contributed by atoms with Crippen LogP contribution < -0.4 is 22.2 Å². The van der Waals surface area contributed by atoms with Gasteiger partial charge in [-0.15, -0.1) is 0 Å². The van der Waals surface area contributed by atoms with Crippen molar-refractivity contribution in [1.82, 2.24) is 20.2 Å². The van der Waals surface area contributed by atoms with E-state index in [4.69, 9.17) is 5.73 Å². The highest BCUT2D eigenvalue weighted by molar-refractivity contribution is 5.97. The number of aromatic nitrogens is 4. The number of H-pyrrole nitrogens is 2. The summed E-state index contributed by atoms with van der Waals surface area (Å²) in [5, 5.41) is 11.7. The third-order valence-corrected chi connectivity index (χ3v) is 3.28. The number of oxime groups is 1. The minimum atomic E-state index is -0.443. The van der Waals surface area contributed by atoms with E-state index < -0.39 is 11.1 Å². The van der Waals surface area contributed by atoms with E-state index in [-0.39, 0.29) is 16.6 Å². The summed E-state index contributed by atoms with van der Waals surface area (Å²) in [6, 6.07) is 4.84. The van der Waals surface area contributed by atoms with E-state index in [0.717, 1.165) is 0 Å². The number of hydrogen-bond donors (Lipinski definition) is 4. The average Bonchev–Trinajstić information content (AvgIpc) is 2.58. The molecular weight excluding hydrogens is 314 g/mol. The van der Waals surface area contributed by atoms with E-state index >= 15 is 0 Å². The number of fused-ring (bicyclic) bond motifs is 1. The minimum Gasteiger partial charge on any atom is -0.399 e. The van der Waals surface area contributed by atoms with Crippen LogP contribution in [0.15, 0.2) is 39.3 Å². The Morgan fingerprint density at radius 3 is 2.83 bits per heavy atom. The van der Waals surface area contributed by atoms with Gasteiger partial charge in [-0.1, -0.05) is 11.2 Å². The van der Waals surface area contributed by atoms with Crippen molar-refractivity contribution in [3.05, 3.63) is 50.8 Å². The van der Waals surface area contributed by atoms with Crippen molar-refractivity contribution in [2.45, 2.75) is 0 Å². The maximum absolute atomic E-state index is 12.1. The molecule has 2 aromatic heterocycles. The minimum absolute atomic E-state index is 0.181. The molecule has 0 saturated carbocycles. The highest BCUT2D eigenvalue weighted by Crippen LogP contribution is 2.24. The fourth-order valence-corrected chi connectivity index (χ4v) is 2.20. The van der Waals surface area contributed by atoms with Gasteiger partial charge in [-0.05, 0) is 12.1 Å². The second-order valence-corrected chi connectivity index (χ2v) is 4.70. The predicted molar refractivity (Wildman–Crippen MR) is 89.5 cm³/mol. The van der Waals surface area contributed by atoms with Gasteiger partial charge in [-0.25, -0.2) is 9.97 Å². The van der Waals surface area contributed by atoms with Gasteiger partial charge in [0.1, 0.15) is 25.1 Å². The molecule has 3 aromatic rings. The van der Waals surface area contributed by atoms with Crippen LogP contribution in [0.4, 0.5) is 17.3 Å². The SMILES string of the molecule is CO/N=C/c1c(N)ncnc1Nc1cccc2c(=O)[nH][nH]c(=O)c12. The van der Waals surface area contributed by atoms with E-state index in [1.54, 1.807) is 18.2 Å². The molecular formula is C14H13N7O3. The van der Waals surface area contributed by atoms with Crippen molar-refractivity contribution < 1.29 is 4.84 Å². The van der Waals surface area contributed by atoms with Crippen LogP contribution in [0.5, 0.6) is 0 Å². The molecule has 1 aromatic carbocycles. The summed E-state index contributed by atoms with van der Waals surface area (Å²) < 4.78 is 0. The van der Waals surface area contributed by atoms with Crippen LogP contribution in [0, 0.1) is 0 Å². The van der Waals surface area contributed by atoms with Gasteiger partial charge in [-0.2, -0.15) is 0 Å². The van der Waals surface area contributed by atoms with Crippen molar-refractivity contribution >= 4 is 34.3 Å². The number of aromatic amines is 2. The van der Waals surface area contributed by atoms with E-state index in [1.807, 2.05) is 0 Å². The van der Waals surface area contributed by atoms with Crippen LogP contribution in [0.25, 0.3) is 10.8 Å². The van der Waals surface area contributed by atoms with Gasteiger partial charge in [0, 0.05) is 0 Å². The number of nitrogens with two attached hydrogens (primary N) is 1. The molecule has 0 spiro atoms. The molecule has 0 saturated heterocycles. The molecule has 0 bridgehead atoms. The van der Waals surface area contributed by atoms with E-state index in [0.29, 0.717) is 17.1 Å². The van der Waals surface area contributed by atoms with Gasteiger partial charge in [0.05, 0.1) is 28.2 Å². The molecule has 0 unspecified atom stereocenters. The summed E-state index contributed by atoms with van der Waals surface area (Å²) in [4.78, 5) is 36.6. The van der Waals surface area contributed by atoms with Crippen LogP contribution in [0.3, 0.4) is 0 Å². The van der Waals surface area contributed by atoms with Crippen molar-refractivity contribution in [2.24, 2.45) is 5.16 Å². The molecule has 0 aliphatic heterocycles. The lowest BCUT2D eigenvalue weighted by Gasteiger charge is -2.11. The molecule has 10 nitrogen and oxygen atoms in total. The first-order chi connectivity index (χ1) is 11.6. The summed E-state index contributed by atoms with van der Waals surface area (Å²) in [6.07, 6.45) is 2.61. The van der Waals surface area contributed by atoms with Gasteiger partial charge in [0.25, 0.3) is 11.1 Å². The Labute approximate surface area is 134 Å². The standard InChI is InChI=1S/C14H13N7O3/c1-24-18-5-8-11(15)16-6-17-12(8)19-9-4-2-3-7-10(9)14(23)21-20-13(7)22/h2-6H,1H3,(H,20,22)(H,21,23)(H3,15,16,17,19)/b18-5+. The normalized spacial score (nSPS) is 11.0. The Morgan fingerprint density at radius 1 is 1.25 bits per heavy atom. The lowest BCUT2D eigenvalue weighted by Crippen LogP contribution is -2.20. The number of nitrogen functional groups attached to an aromatic ring is 1. The smallest absolute Gasteiger partial charge is 0.272 e. The maximum Gasteiger partial charge on any atom is 0.272 e. The number of hydrogen-bond acceptors (Lipinski definition) is 8. The predicted octanol–water partition coefficient (Wildman–Crippen LogP) is 0.312. The fourth-order valence-electron chi connectivity index (χ4n) is 2.20. The second-order valence-electron chi connectivity index (χ2n) is 4.70. The molecule has 0 fully saturated rings. The molecule has 24 heavy (non-hydrogen) atoms. The van der Waals surface area contributed by atoms with Crippen LogP contribution in [0.2, 0.25) is 0 Å². The van der Waals surface area contributed by atoms with Crippen LogP contribution >= 0.6 is 0 Å². The third kappa shape index (κ3) is 2.67. The number of nitrogens with one attached hydrogen (secondary N) is 3. The number of anilines is 3. The molecule has 5 N–H and O–H groups in total. The summed E-state index contributed by atoms with van der Waals surface area (Å²) in [5.74, 6) is 0.496. The molecule has 0 amide bonds. The van der Waals surface area contributed by atoms with Gasteiger partial charge in [0.2, 0.25) is 0 Å². The van der Waals surface area contributed by atoms with E-state index in [9.17, 15) is 9.59 Å². The van der Waals surface area contributed by atoms with Crippen molar-refractivity contribution in [2.75, 3.05) is 18.2 Å². The Morgan fingerprint density at radius 2 is 2.04 bits per heavy atom. The first kappa shape index (κ1) is 15.2. The lowest BCUT2D eigenvalue weighted by atomic mass is 10.1. The zero-order chi connectivity index (χ0) is 17.1. The molecule has 0 atom stereocenters. The molecule has 3 rings (SSSR count).